The Balaban J connectivity index is 2.18. The highest BCUT2D eigenvalue weighted by Crippen LogP contribution is 2.18. The van der Waals surface area contributed by atoms with Gasteiger partial charge >= 0.3 is 6.03 Å². The van der Waals surface area contributed by atoms with Crippen molar-refractivity contribution in [3.05, 3.63) is 35.9 Å². The van der Waals surface area contributed by atoms with E-state index in [-0.39, 0.29) is 30.2 Å². The molecule has 1 saturated heterocycles. The van der Waals surface area contributed by atoms with E-state index in [2.05, 4.69) is 16.0 Å². The molecule has 1 unspecified atom stereocenters. The second-order valence-corrected chi connectivity index (χ2v) is 7.83. The molecule has 1 heterocycles. The van der Waals surface area contributed by atoms with Crippen LogP contribution >= 0.6 is 0 Å². The van der Waals surface area contributed by atoms with Crippen molar-refractivity contribution in [2.75, 3.05) is 19.6 Å². The lowest BCUT2D eigenvalue weighted by Crippen LogP contribution is -2.52. The van der Waals surface area contributed by atoms with Crippen LogP contribution in [-0.4, -0.2) is 48.4 Å². The third-order valence-electron chi connectivity index (χ3n) is 5.04. The Morgan fingerprint density at radius 3 is 2.17 bits per heavy atom. The SMILES string of the molecule is CC(C)C1C(=O)NCCCCCNC(=O)NCCCC(=O)N1Cc1ccccc1. The van der Waals surface area contributed by atoms with Gasteiger partial charge in [0.05, 0.1) is 0 Å². The van der Waals surface area contributed by atoms with E-state index in [1.165, 1.54) is 0 Å². The van der Waals surface area contributed by atoms with Crippen LogP contribution < -0.4 is 16.0 Å². The summed E-state index contributed by atoms with van der Waals surface area (Å²) in [4.78, 5) is 39.5. The van der Waals surface area contributed by atoms with E-state index >= 15 is 0 Å². The quantitative estimate of drug-likeness (QED) is 0.725. The van der Waals surface area contributed by atoms with Gasteiger partial charge in [0, 0.05) is 32.6 Å². The van der Waals surface area contributed by atoms with Crippen LogP contribution in [0.4, 0.5) is 4.79 Å². The average molecular weight is 403 g/mol. The van der Waals surface area contributed by atoms with Gasteiger partial charge in [-0.3, -0.25) is 9.59 Å². The van der Waals surface area contributed by atoms with Gasteiger partial charge < -0.3 is 20.9 Å². The summed E-state index contributed by atoms with van der Waals surface area (Å²) in [6.07, 6.45) is 3.44. The van der Waals surface area contributed by atoms with Crippen LogP contribution in [0.15, 0.2) is 30.3 Å². The topological polar surface area (TPSA) is 90.5 Å². The first-order valence-electron chi connectivity index (χ1n) is 10.6. The molecule has 4 amide bonds. The van der Waals surface area contributed by atoms with Crippen LogP contribution in [0.25, 0.3) is 0 Å². The monoisotopic (exact) mass is 402 g/mol. The molecule has 1 aliphatic heterocycles. The number of rotatable bonds is 3. The van der Waals surface area contributed by atoms with E-state index < -0.39 is 6.04 Å². The molecule has 1 aromatic carbocycles. The van der Waals surface area contributed by atoms with Crippen LogP contribution in [0.3, 0.4) is 0 Å². The lowest BCUT2D eigenvalue weighted by Gasteiger charge is -2.34. The molecule has 0 spiro atoms. The zero-order valence-electron chi connectivity index (χ0n) is 17.6. The number of carbonyl (C=O) groups is 3. The molecule has 0 radical (unpaired) electrons. The predicted molar refractivity (Wildman–Crippen MR) is 113 cm³/mol. The lowest BCUT2D eigenvalue weighted by molar-refractivity contribution is -0.143. The third-order valence-corrected chi connectivity index (χ3v) is 5.04. The van der Waals surface area contributed by atoms with Crippen molar-refractivity contribution < 1.29 is 14.4 Å². The number of nitrogens with one attached hydrogen (secondary N) is 3. The average Bonchev–Trinajstić information content (AvgIpc) is 2.69. The van der Waals surface area contributed by atoms with Gasteiger partial charge in [-0.15, -0.1) is 0 Å². The molecule has 160 valence electrons. The molecule has 1 aromatic rings. The molecule has 2 rings (SSSR count). The molecular formula is C22H34N4O3. The summed E-state index contributed by atoms with van der Waals surface area (Å²) < 4.78 is 0. The minimum absolute atomic E-state index is 0.00884. The number of benzene rings is 1. The van der Waals surface area contributed by atoms with Gasteiger partial charge in [-0.2, -0.15) is 0 Å². The van der Waals surface area contributed by atoms with Gasteiger partial charge in [-0.05, 0) is 37.2 Å². The number of nitrogens with zero attached hydrogens (tertiary/aromatic N) is 1. The fraction of sp³-hybridized carbons (Fsp3) is 0.591. The Kier molecular flexibility index (Phi) is 9.47. The lowest BCUT2D eigenvalue weighted by atomic mass is 9.99. The van der Waals surface area contributed by atoms with E-state index in [1.54, 1.807) is 4.90 Å². The maximum Gasteiger partial charge on any atom is 0.314 e. The summed E-state index contributed by atoms with van der Waals surface area (Å²) in [6.45, 7) is 5.94. The van der Waals surface area contributed by atoms with Crippen molar-refractivity contribution in [2.45, 2.75) is 58.5 Å². The molecule has 0 aromatic heterocycles. The van der Waals surface area contributed by atoms with E-state index in [0.717, 1.165) is 24.8 Å². The maximum atomic E-state index is 13.1. The zero-order chi connectivity index (χ0) is 21.1. The Morgan fingerprint density at radius 1 is 0.897 bits per heavy atom. The smallest absolute Gasteiger partial charge is 0.314 e. The van der Waals surface area contributed by atoms with Crippen LogP contribution in [-0.2, 0) is 16.1 Å². The Labute approximate surface area is 173 Å². The largest absolute Gasteiger partial charge is 0.354 e. The number of urea groups is 1. The third kappa shape index (κ3) is 7.75. The summed E-state index contributed by atoms with van der Waals surface area (Å²) in [7, 11) is 0. The first-order chi connectivity index (χ1) is 14.0. The molecule has 3 N–H and O–H groups in total. The Morgan fingerprint density at radius 2 is 1.52 bits per heavy atom. The highest BCUT2D eigenvalue weighted by molar-refractivity contribution is 5.88. The minimum Gasteiger partial charge on any atom is -0.354 e. The van der Waals surface area contributed by atoms with E-state index in [4.69, 9.17) is 0 Å². The standard InChI is InChI=1S/C22H34N4O3/c1-17(2)20-21(28)23-13-7-4-8-14-24-22(29)25-15-9-12-19(27)26(20)16-18-10-5-3-6-11-18/h3,5-6,10-11,17,20H,4,7-9,12-16H2,1-2H3,(H,23,28)(H2,24,25,29). The molecule has 1 aliphatic rings. The molecule has 1 atom stereocenters. The Bertz CT molecular complexity index is 663. The summed E-state index contributed by atoms with van der Waals surface area (Å²) in [5.74, 6) is -0.176. The molecule has 0 bridgehead atoms. The summed E-state index contributed by atoms with van der Waals surface area (Å²) in [5, 5.41) is 8.62. The van der Waals surface area contributed by atoms with Gasteiger partial charge in [0.15, 0.2) is 0 Å². The predicted octanol–water partition coefficient (Wildman–Crippen LogP) is 2.42. The van der Waals surface area contributed by atoms with Crippen LogP contribution in [0.2, 0.25) is 0 Å². The number of amides is 4. The highest BCUT2D eigenvalue weighted by Gasteiger charge is 2.32. The van der Waals surface area contributed by atoms with Crippen molar-refractivity contribution in [1.82, 2.24) is 20.9 Å². The maximum absolute atomic E-state index is 13.1. The fourth-order valence-electron chi connectivity index (χ4n) is 3.52. The van der Waals surface area contributed by atoms with Crippen molar-refractivity contribution in [3.8, 4) is 0 Å². The molecule has 7 nitrogen and oxygen atoms in total. The van der Waals surface area contributed by atoms with Gasteiger partial charge in [0.1, 0.15) is 6.04 Å². The number of hydrogen-bond donors (Lipinski definition) is 3. The van der Waals surface area contributed by atoms with Gasteiger partial charge in [0.2, 0.25) is 11.8 Å². The summed E-state index contributed by atoms with van der Waals surface area (Å²) in [5.41, 5.74) is 0.992. The highest BCUT2D eigenvalue weighted by atomic mass is 16.2. The van der Waals surface area contributed by atoms with E-state index in [9.17, 15) is 14.4 Å². The van der Waals surface area contributed by atoms with Crippen LogP contribution in [0.5, 0.6) is 0 Å². The summed E-state index contributed by atoms with van der Waals surface area (Å²) in [6, 6.07) is 9.02. The van der Waals surface area contributed by atoms with Crippen molar-refractivity contribution >= 4 is 17.8 Å². The first kappa shape index (κ1) is 22.7. The van der Waals surface area contributed by atoms with E-state index in [0.29, 0.717) is 32.6 Å². The van der Waals surface area contributed by atoms with Crippen molar-refractivity contribution in [2.24, 2.45) is 5.92 Å². The van der Waals surface area contributed by atoms with Gasteiger partial charge in [0.25, 0.3) is 0 Å². The fourth-order valence-corrected chi connectivity index (χ4v) is 3.52. The molecule has 0 saturated carbocycles. The second kappa shape index (κ2) is 12.1. The Hall–Kier alpha value is -2.57. The molecule has 7 heteroatoms. The molecule has 29 heavy (non-hydrogen) atoms. The molecule has 0 aliphatic carbocycles. The number of hydrogen-bond acceptors (Lipinski definition) is 3. The van der Waals surface area contributed by atoms with E-state index in [1.807, 2.05) is 44.2 Å². The minimum atomic E-state index is -0.521. The van der Waals surface area contributed by atoms with Crippen molar-refractivity contribution in [3.63, 3.8) is 0 Å². The molecule has 1 fully saturated rings. The normalized spacial score (nSPS) is 20.7. The summed E-state index contributed by atoms with van der Waals surface area (Å²) >= 11 is 0. The number of carbonyl (C=O) groups excluding carboxylic acids is 3. The second-order valence-electron chi connectivity index (χ2n) is 7.83. The van der Waals surface area contributed by atoms with Crippen LogP contribution in [0, 0.1) is 5.92 Å². The van der Waals surface area contributed by atoms with Crippen molar-refractivity contribution in [1.29, 1.82) is 0 Å². The van der Waals surface area contributed by atoms with Gasteiger partial charge in [-0.25, -0.2) is 4.79 Å². The van der Waals surface area contributed by atoms with Crippen LogP contribution in [0.1, 0.15) is 51.5 Å². The van der Waals surface area contributed by atoms with Gasteiger partial charge in [-0.1, -0.05) is 44.2 Å². The first-order valence-corrected chi connectivity index (χ1v) is 10.6. The molecular weight excluding hydrogens is 368 g/mol. The zero-order valence-corrected chi connectivity index (χ0v) is 17.6.